The van der Waals surface area contributed by atoms with E-state index in [-0.39, 0.29) is 0 Å². The fourth-order valence-electron chi connectivity index (χ4n) is 2.85. The first kappa shape index (κ1) is 10.4. The maximum atomic E-state index is 5.49. The molecule has 0 spiro atoms. The lowest BCUT2D eigenvalue weighted by Crippen LogP contribution is -2.29. The first-order valence-electron chi connectivity index (χ1n) is 6.61. The van der Waals surface area contributed by atoms with E-state index in [0.29, 0.717) is 11.5 Å². The Morgan fingerprint density at radius 1 is 1.50 bits per heavy atom. The monoisotopic (exact) mass is 219 g/mol. The Morgan fingerprint density at radius 2 is 2.31 bits per heavy atom. The summed E-state index contributed by atoms with van der Waals surface area (Å²) in [5, 5.41) is 3.70. The molecule has 3 rings (SSSR count). The zero-order valence-corrected chi connectivity index (χ0v) is 10.0. The van der Waals surface area contributed by atoms with Crippen LogP contribution in [0, 0.1) is 11.3 Å². The van der Waals surface area contributed by atoms with Gasteiger partial charge in [-0.2, -0.15) is 0 Å². The van der Waals surface area contributed by atoms with Gasteiger partial charge in [-0.1, -0.05) is 6.92 Å². The first-order chi connectivity index (χ1) is 7.84. The third kappa shape index (κ3) is 1.91. The molecule has 16 heavy (non-hydrogen) atoms. The highest BCUT2D eigenvalue weighted by Gasteiger charge is 2.53. The van der Waals surface area contributed by atoms with Gasteiger partial charge in [0.15, 0.2) is 0 Å². The van der Waals surface area contributed by atoms with Crippen molar-refractivity contribution in [3.05, 3.63) is 24.2 Å². The SMILES string of the molecule is CCC(NCC1(C2CC2)CC1)c1ccco1. The number of hydrogen-bond donors (Lipinski definition) is 1. The molecule has 1 N–H and O–H groups in total. The molecule has 2 heteroatoms. The third-order valence-electron chi connectivity index (χ3n) is 4.33. The van der Waals surface area contributed by atoms with E-state index in [4.69, 9.17) is 4.42 Å². The van der Waals surface area contributed by atoms with Gasteiger partial charge < -0.3 is 9.73 Å². The summed E-state index contributed by atoms with van der Waals surface area (Å²) in [6.07, 6.45) is 8.71. The lowest BCUT2D eigenvalue weighted by Gasteiger charge is -2.20. The topological polar surface area (TPSA) is 25.2 Å². The minimum Gasteiger partial charge on any atom is -0.468 e. The van der Waals surface area contributed by atoms with Crippen molar-refractivity contribution in [3.63, 3.8) is 0 Å². The molecule has 1 aromatic rings. The highest BCUT2D eigenvalue weighted by molar-refractivity contribution is 5.08. The van der Waals surface area contributed by atoms with Gasteiger partial charge >= 0.3 is 0 Å². The van der Waals surface area contributed by atoms with Crippen molar-refractivity contribution < 1.29 is 4.42 Å². The molecule has 2 aliphatic rings. The van der Waals surface area contributed by atoms with Gasteiger partial charge in [-0.3, -0.25) is 0 Å². The van der Waals surface area contributed by atoms with Crippen molar-refractivity contribution in [2.24, 2.45) is 11.3 Å². The van der Waals surface area contributed by atoms with Crippen molar-refractivity contribution in [1.82, 2.24) is 5.32 Å². The summed E-state index contributed by atoms with van der Waals surface area (Å²) >= 11 is 0. The van der Waals surface area contributed by atoms with Gasteiger partial charge in [-0.25, -0.2) is 0 Å². The molecule has 88 valence electrons. The molecule has 1 unspecified atom stereocenters. The van der Waals surface area contributed by atoms with Crippen LogP contribution in [-0.4, -0.2) is 6.54 Å². The predicted molar refractivity (Wildman–Crippen MR) is 64.1 cm³/mol. The molecule has 0 amide bonds. The molecule has 0 saturated heterocycles. The van der Waals surface area contributed by atoms with Crippen molar-refractivity contribution in [3.8, 4) is 0 Å². The number of nitrogens with one attached hydrogen (secondary N) is 1. The molecular formula is C14H21NO. The lowest BCUT2D eigenvalue weighted by atomic mass is 10.00. The minimum atomic E-state index is 0.409. The second-order valence-corrected chi connectivity index (χ2v) is 5.49. The Balaban J connectivity index is 1.57. The summed E-state index contributed by atoms with van der Waals surface area (Å²) < 4.78 is 5.49. The Bertz CT molecular complexity index is 336. The summed E-state index contributed by atoms with van der Waals surface area (Å²) in [5.41, 5.74) is 0.681. The fourth-order valence-corrected chi connectivity index (χ4v) is 2.85. The fraction of sp³-hybridized carbons (Fsp3) is 0.714. The Morgan fingerprint density at radius 3 is 2.81 bits per heavy atom. The molecule has 2 aliphatic carbocycles. The molecule has 2 saturated carbocycles. The van der Waals surface area contributed by atoms with Gasteiger partial charge in [-0.05, 0) is 55.6 Å². The van der Waals surface area contributed by atoms with Crippen LogP contribution in [0.4, 0.5) is 0 Å². The van der Waals surface area contributed by atoms with Gasteiger partial charge in [0.2, 0.25) is 0 Å². The molecule has 1 atom stereocenters. The summed E-state index contributed by atoms with van der Waals surface area (Å²) in [4.78, 5) is 0. The van der Waals surface area contributed by atoms with Crippen LogP contribution in [-0.2, 0) is 0 Å². The molecule has 0 bridgehead atoms. The van der Waals surface area contributed by atoms with Crippen LogP contribution in [0.1, 0.15) is 50.8 Å². The molecule has 0 aliphatic heterocycles. The normalized spacial score (nSPS) is 24.3. The molecule has 0 aromatic carbocycles. The zero-order valence-electron chi connectivity index (χ0n) is 10.0. The summed E-state index contributed by atoms with van der Waals surface area (Å²) in [6.45, 7) is 3.41. The van der Waals surface area contributed by atoms with Crippen molar-refractivity contribution >= 4 is 0 Å². The van der Waals surface area contributed by atoms with E-state index in [1.165, 1.54) is 32.2 Å². The molecule has 2 nitrogen and oxygen atoms in total. The van der Waals surface area contributed by atoms with Crippen LogP contribution in [0.3, 0.4) is 0 Å². The highest BCUT2D eigenvalue weighted by atomic mass is 16.3. The quantitative estimate of drug-likeness (QED) is 0.792. The Hall–Kier alpha value is -0.760. The van der Waals surface area contributed by atoms with E-state index < -0.39 is 0 Å². The highest BCUT2D eigenvalue weighted by Crippen LogP contribution is 2.61. The zero-order chi connectivity index (χ0) is 11.0. The van der Waals surface area contributed by atoms with E-state index in [1.807, 2.05) is 6.07 Å². The van der Waals surface area contributed by atoms with Crippen LogP contribution >= 0.6 is 0 Å². The molecule has 1 aromatic heterocycles. The predicted octanol–water partition coefficient (Wildman–Crippen LogP) is 3.51. The van der Waals surface area contributed by atoms with Crippen LogP contribution in [0.5, 0.6) is 0 Å². The number of hydrogen-bond acceptors (Lipinski definition) is 2. The second kappa shape index (κ2) is 3.92. The van der Waals surface area contributed by atoms with E-state index in [1.54, 1.807) is 6.26 Å². The van der Waals surface area contributed by atoms with Crippen molar-refractivity contribution in [2.45, 2.75) is 45.1 Å². The largest absolute Gasteiger partial charge is 0.468 e. The second-order valence-electron chi connectivity index (χ2n) is 5.49. The lowest BCUT2D eigenvalue weighted by molar-refractivity contribution is 0.340. The summed E-state index contributed by atoms with van der Waals surface area (Å²) in [7, 11) is 0. The van der Waals surface area contributed by atoms with E-state index in [9.17, 15) is 0 Å². The van der Waals surface area contributed by atoms with Gasteiger partial charge in [0.25, 0.3) is 0 Å². The van der Waals surface area contributed by atoms with Crippen molar-refractivity contribution in [1.29, 1.82) is 0 Å². The first-order valence-corrected chi connectivity index (χ1v) is 6.61. The Kier molecular flexibility index (Phi) is 2.55. The van der Waals surface area contributed by atoms with Gasteiger partial charge in [-0.15, -0.1) is 0 Å². The van der Waals surface area contributed by atoms with Crippen LogP contribution < -0.4 is 5.32 Å². The smallest absolute Gasteiger partial charge is 0.120 e. The van der Waals surface area contributed by atoms with Gasteiger partial charge in [0.1, 0.15) is 5.76 Å². The average Bonchev–Trinajstić information content (AvgIpc) is 3.19. The van der Waals surface area contributed by atoms with Crippen LogP contribution in [0.25, 0.3) is 0 Å². The molecule has 0 radical (unpaired) electrons. The van der Waals surface area contributed by atoms with Crippen molar-refractivity contribution in [2.75, 3.05) is 6.54 Å². The molecule has 1 heterocycles. The number of rotatable bonds is 6. The molecular weight excluding hydrogens is 198 g/mol. The van der Waals surface area contributed by atoms with Crippen LogP contribution in [0.15, 0.2) is 22.8 Å². The standard InChI is InChI=1S/C14H21NO/c1-2-12(13-4-3-9-16-13)15-10-14(7-8-14)11-5-6-11/h3-4,9,11-12,15H,2,5-8,10H2,1H3. The van der Waals surface area contributed by atoms with Gasteiger partial charge in [0, 0.05) is 6.54 Å². The summed E-state index contributed by atoms with van der Waals surface area (Å²) in [6, 6.07) is 4.47. The van der Waals surface area contributed by atoms with Crippen LogP contribution in [0.2, 0.25) is 0 Å². The Labute approximate surface area is 97.4 Å². The average molecular weight is 219 g/mol. The maximum Gasteiger partial charge on any atom is 0.120 e. The third-order valence-corrected chi connectivity index (χ3v) is 4.33. The van der Waals surface area contributed by atoms with E-state index in [0.717, 1.165) is 18.1 Å². The molecule has 2 fully saturated rings. The minimum absolute atomic E-state index is 0.409. The van der Waals surface area contributed by atoms with E-state index >= 15 is 0 Å². The summed E-state index contributed by atoms with van der Waals surface area (Å²) in [5.74, 6) is 2.13. The number of furan rings is 1. The van der Waals surface area contributed by atoms with E-state index in [2.05, 4.69) is 18.3 Å². The van der Waals surface area contributed by atoms with Gasteiger partial charge in [0.05, 0.1) is 12.3 Å². The maximum absolute atomic E-state index is 5.49.